The summed E-state index contributed by atoms with van der Waals surface area (Å²) in [5.41, 5.74) is 0.714. The van der Waals surface area contributed by atoms with Crippen LogP contribution in [0.3, 0.4) is 0 Å². The molecule has 2 aromatic carbocycles. The van der Waals surface area contributed by atoms with Gasteiger partial charge >= 0.3 is 0 Å². The second-order valence-corrected chi connectivity index (χ2v) is 5.88. The summed E-state index contributed by atoms with van der Waals surface area (Å²) in [5, 5.41) is 15.0. The van der Waals surface area contributed by atoms with Crippen LogP contribution in [-0.2, 0) is 0 Å². The smallest absolute Gasteiger partial charge is 0.284 e. The number of carbonyl (C=O) groups is 1. The summed E-state index contributed by atoms with van der Waals surface area (Å²) in [5.74, 6) is -0.235. The summed E-state index contributed by atoms with van der Waals surface area (Å²) in [6.45, 7) is 1.40. The average molecular weight is 327 g/mol. The average Bonchev–Trinajstić information content (AvgIpc) is 3.08. The van der Waals surface area contributed by atoms with E-state index >= 15 is 0 Å². The molecule has 23 heavy (non-hydrogen) atoms. The van der Waals surface area contributed by atoms with Crippen LogP contribution in [0.25, 0.3) is 0 Å². The number of hydrogen-bond acceptors (Lipinski definition) is 6. The van der Waals surface area contributed by atoms with Crippen molar-refractivity contribution >= 4 is 28.4 Å². The number of rotatable bonds is 4. The molecular formula is C16H13N3O3S. The van der Waals surface area contributed by atoms with Gasteiger partial charge in [0.2, 0.25) is 0 Å². The molecule has 1 heterocycles. The Morgan fingerprint density at radius 1 is 1.17 bits per heavy atom. The van der Waals surface area contributed by atoms with Crippen molar-refractivity contribution in [2.24, 2.45) is 4.99 Å². The van der Waals surface area contributed by atoms with Gasteiger partial charge in [-0.3, -0.25) is 19.9 Å². The second-order valence-electron chi connectivity index (χ2n) is 4.85. The molecule has 0 saturated heterocycles. The van der Waals surface area contributed by atoms with Crippen molar-refractivity contribution in [3.05, 3.63) is 69.8 Å². The second kappa shape index (κ2) is 6.62. The molecule has 0 unspecified atom stereocenters. The maximum absolute atomic E-state index is 12.4. The molecule has 0 amide bonds. The maximum Gasteiger partial charge on any atom is 0.284 e. The molecule has 0 aliphatic carbocycles. The minimum Gasteiger partial charge on any atom is -0.363 e. The highest BCUT2D eigenvalue weighted by Crippen LogP contribution is 2.31. The molecular weight excluding hydrogens is 314 g/mol. The molecule has 0 spiro atoms. The first-order valence-corrected chi connectivity index (χ1v) is 7.81. The Morgan fingerprint density at radius 2 is 1.96 bits per heavy atom. The van der Waals surface area contributed by atoms with E-state index in [2.05, 4.69) is 10.3 Å². The number of nitro groups is 1. The van der Waals surface area contributed by atoms with Gasteiger partial charge in [0, 0.05) is 23.7 Å². The maximum atomic E-state index is 12.4. The van der Waals surface area contributed by atoms with Crippen LogP contribution < -0.4 is 5.32 Å². The molecule has 1 aliphatic rings. The van der Waals surface area contributed by atoms with Crippen molar-refractivity contribution in [2.75, 3.05) is 13.1 Å². The van der Waals surface area contributed by atoms with Gasteiger partial charge in [0.05, 0.1) is 16.4 Å². The molecule has 6 nitrogen and oxygen atoms in total. The summed E-state index contributed by atoms with van der Waals surface area (Å²) >= 11 is 1.21. The highest BCUT2D eigenvalue weighted by atomic mass is 32.2. The number of nitrogens with zero attached hydrogens (tertiary/aromatic N) is 2. The lowest BCUT2D eigenvalue weighted by Gasteiger charge is -2.06. The molecule has 0 aromatic heterocycles. The number of nitrogens with one attached hydrogen (secondary N) is 1. The van der Waals surface area contributed by atoms with Gasteiger partial charge in [0.15, 0.2) is 11.0 Å². The Kier molecular flexibility index (Phi) is 4.38. The van der Waals surface area contributed by atoms with Crippen molar-refractivity contribution in [2.45, 2.75) is 4.90 Å². The van der Waals surface area contributed by atoms with Gasteiger partial charge in [-0.2, -0.15) is 0 Å². The van der Waals surface area contributed by atoms with Crippen LogP contribution in [0.1, 0.15) is 15.9 Å². The van der Waals surface area contributed by atoms with Gasteiger partial charge in [-0.15, -0.1) is 0 Å². The van der Waals surface area contributed by atoms with Gasteiger partial charge in [0.25, 0.3) is 5.69 Å². The van der Waals surface area contributed by atoms with Crippen LogP contribution in [0, 0.1) is 10.1 Å². The van der Waals surface area contributed by atoms with Gasteiger partial charge in [-0.05, 0) is 23.9 Å². The van der Waals surface area contributed by atoms with E-state index in [1.165, 1.54) is 17.8 Å². The molecule has 0 bridgehead atoms. The Morgan fingerprint density at radius 3 is 2.61 bits per heavy atom. The van der Waals surface area contributed by atoms with E-state index in [9.17, 15) is 14.9 Å². The van der Waals surface area contributed by atoms with E-state index in [0.29, 0.717) is 27.7 Å². The lowest BCUT2D eigenvalue weighted by atomic mass is 10.0. The molecule has 1 aliphatic heterocycles. The number of benzene rings is 2. The zero-order valence-electron chi connectivity index (χ0n) is 12.1. The summed E-state index contributed by atoms with van der Waals surface area (Å²) in [6.07, 6.45) is 0. The first kappa shape index (κ1) is 15.2. The standard InChI is InChI=1S/C16H13N3O3S/c20-15(11-4-2-1-3-5-11)12-6-7-14(13(10-12)19(21)22)23-16-17-8-9-18-16/h1-7,10H,8-9H2,(H,17,18). The summed E-state index contributed by atoms with van der Waals surface area (Å²) in [6, 6.07) is 13.2. The molecule has 7 heteroatoms. The zero-order valence-corrected chi connectivity index (χ0v) is 12.9. The van der Waals surface area contributed by atoms with Gasteiger partial charge in [-0.25, -0.2) is 0 Å². The predicted molar refractivity (Wildman–Crippen MR) is 89.1 cm³/mol. The highest BCUT2D eigenvalue weighted by Gasteiger charge is 2.21. The fraction of sp³-hybridized carbons (Fsp3) is 0.125. The van der Waals surface area contributed by atoms with E-state index in [-0.39, 0.29) is 11.5 Å². The minimum atomic E-state index is -0.473. The summed E-state index contributed by atoms with van der Waals surface area (Å²) in [4.78, 5) is 27.9. The molecule has 0 radical (unpaired) electrons. The van der Waals surface area contributed by atoms with Crippen LogP contribution in [0.4, 0.5) is 5.69 Å². The number of amidine groups is 1. The monoisotopic (exact) mass is 327 g/mol. The lowest BCUT2D eigenvalue weighted by Crippen LogP contribution is -2.15. The Labute approximate surface area is 136 Å². The van der Waals surface area contributed by atoms with E-state index in [1.54, 1.807) is 36.4 Å². The van der Waals surface area contributed by atoms with E-state index < -0.39 is 4.92 Å². The first-order valence-electron chi connectivity index (χ1n) is 6.99. The number of hydrogen-bond donors (Lipinski definition) is 1. The molecule has 1 N–H and O–H groups in total. The Balaban J connectivity index is 1.93. The van der Waals surface area contributed by atoms with Crippen molar-refractivity contribution in [1.29, 1.82) is 0 Å². The van der Waals surface area contributed by atoms with Gasteiger partial charge < -0.3 is 5.32 Å². The van der Waals surface area contributed by atoms with E-state index in [1.807, 2.05) is 6.07 Å². The van der Waals surface area contributed by atoms with Crippen LogP contribution in [-0.4, -0.2) is 29.0 Å². The quantitative estimate of drug-likeness (QED) is 0.530. The molecule has 0 saturated carbocycles. The fourth-order valence-corrected chi connectivity index (χ4v) is 3.10. The number of carbonyl (C=O) groups excluding carboxylic acids is 1. The largest absolute Gasteiger partial charge is 0.363 e. The normalized spacial score (nSPS) is 13.3. The molecule has 0 atom stereocenters. The van der Waals surface area contributed by atoms with Gasteiger partial charge in [-0.1, -0.05) is 30.3 Å². The predicted octanol–water partition coefficient (Wildman–Crippen LogP) is 2.88. The fourth-order valence-electron chi connectivity index (χ4n) is 2.19. The molecule has 2 aromatic rings. The van der Waals surface area contributed by atoms with Crippen LogP contribution >= 0.6 is 11.8 Å². The number of thioether (sulfide) groups is 1. The zero-order chi connectivity index (χ0) is 16.2. The van der Waals surface area contributed by atoms with Crippen molar-refractivity contribution < 1.29 is 9.72 Å². The Hall–Kier alpha value is -2.67. The van der Waals surface area contributed by atoms with Crippen molar-refractivity contribution in [1.82, 2.24) is 5.32 Å². The van der Waals surface area contributed by atoms with Gasteiger partial charge in [0.1, 0.15) is 0 Å². The van der Waals surface area contributed by atoms with Crippen LogP contribution in [0.15, 0.2) is 58.4 Å². The van der Waals surface area contributed by atoms with Crippen LogP contribution in [0.2, 0.25) is 0 Å². The molecule has 3 rings (SSSR count). The number of nitro benzene ring substituents is 1. The summed E-state index contributed by atoms with van der Waals surface area (Å²) < 4.78 is 0. The Bertz CT molecular complexity index is 790. The third-order valence-corrected chi connectivity index (χ3v) is 4.34. The highest BCUT2D eigenvalue weighted by molar-refractivity contribution is 8.14. The first-order chi connectivity index (χ1) is 11.1. The topological polar surface area (TPSA) is 84.6 Å². The number of ketones is 1. The van der Waals surface area contributed by atoms with Crippen molar-refractivity contribution in [3.63, 3.8) is 0 Å². The third kappa shape index (κ3) is 3.40. The molecule has 0 fully saturated rings. The molecule has 116 valence electrons. The van der Waals surface area contributed by atoms with Crippen LogP contribution in [0.5, 0.6) is 0 Å². The van der Waals surface area contributed by atoms with E-state index in [4.69, 9.17) is 0 Å². The lowest BCUT2D eigenvalue weighted by molar-refractivity contribution is -0.387. The minimum absolute atomic E-state index is 0.0896. The summed E-state index contributed by atoms with van der Waals surface area (Å²) in [7, 11) is 0. The number of aliphatic imine (C=N–C) groups is 1. The van der Waals surface area contributed by atoms with Crippen molar-refractivity contribution in [3.8, 4) is 0 Å². The third-order valence-electron chi connectivity index (χ3n) is 3.30. The van der Waals surface area contributed by atoms with E-state index in [0.717, 1.165) is 6.54 Å². The SMILES string of the molecule is O=C(c1ccccc1)c1ccc(SC2=NCCN2)c([N+](=O)[O-])c1.